The molecule has 1 aromatic carbocycles. The molecule has 3 aliphatic rings. The summed E-state index contributed by atoms with van der Waals surface area (Å²) in [5.41, 5.74) is -0.585. The van der Waals surface area contributed by atoms with Crippen LogP contribution in [0, 0.1) is 5.41 Å². The summed E-state index contributed by atoms with van der Waals surface area (Å²) in [6.07, 6.45) is 3.18. The van der Waals surface area contributed by atoms with Gasteiger partial charge in [0.1, 0.15) is 5.60 Å². The third-order valence-electron chi connectivity index (χ3n) is 6.87. The maximum atomic E-state index is 13.2. The van der Waals surface area contributed by atoms with Gasteiger partial charge in [-0.1, -0.05) is 19.8 Å². The lowest BCUT2D eigenvalue weighted by atomic mass is 9.75. The van der Waals surface area contributed by atoms with E-state index in [1.54, 1.807) is 23.1 Å². The van der Waals surface area contributed by atoms with Crippen molar-refractivity contribution < 1.29 is 28.9 Å². The summed E-state index contributed by atoms with van der Waals surface area (Å²) in [5, 5.41) is 13.9. The Hall–Kier alpha value is -2.48. The van der Waals surface area contributed by atoms with E-state index < -0.39 is 17.1 Å². The van der Waals surface area contributed by atoms with Gasteiger partial charge in [-0.3, -0.25) is 9.69 Å². The van der Waals surface area contributed by atoms with Crippen molar-refractivity contribution in [2.75, 3.05) is 13.3 Å². The topological polar surface area (TPSA) is 97.3 Å². The van der Waals surface area contributed by atoms with Gasteiger partial charge < -0.3 is 24.6 Å². The average molecular weight is 447 g/mol. The quantitative estimate of drug-likeness (QED) is 0.738. The van der Waals surface area contributed by atoms with Crippen LogP contribution in [-0.2, 0) is 4.74 Å². The standard InChI is InChI=1S/C24H34N2O6/c1-23(2,3)32-22(29)26-16(12-24(4)19(26)7-5-6-8-20(24)27)13-25-21(28)15-9-10-17-18(11-15)31-14-30-17/h9-11,16,19-20,27H,5-8,12-14H2,1-4H3,(H,25,28)/t16-,19-,20+,24-/m1/s1. The zero-order valence-electron chi connectivity index (χ0n) is 19.3. The highest BCUT2D eigenvalue weighted by Gasteiger charge is 2.55. The number of amides is 2. The molecule has 4 rings (SSSR count). The summed E-state index contributed by atoms with van der Waals surface area (Å²) in [7, 11) is 0. The first-order valence-electron chi connectivity index (χ1n) is 11.5. The molecule has 2 fully saturated rings. The van der Waals surface area contributed by atoms with Gasteiger partial charge in [-0.15, -0.1) is 0 Å². The minimum Gasteiger partial charge on any atom is -0.454 e. The van der Waals surface area contributed by atoms with E-state index in [1.807, 2.05) is 20.8 Å². The molecule has 8 nitrogen and oxygen atoms in total. The molecule has 2 N–H and O–H groups in total. The number of carbonyl (C=O) groups is 2. The zero-order chi connectivity index (χ0) is 23.1. The summed E-state index contributed by atoms with van der Waals surface area (Å²) in [4.78, 5) is 27.8. The number of ether oxygens (including phenoxy) is 3. The highest BCUT2D eigenvalue weighted by Crippen LogP contribution is 2.48. The number of carbonyl (C=O) groups excluding carboxylic acids is 2. The molecule has 0 bridgehead atoms. The van der Waals surface area contributed by atoms with Crippen LogP contribution in [0.25, 0.3) is 0 Å². The van der Waals surface area contributed by atoms with Crippen LogP contribution in [0.4, 0.5) is 4.79 Å². The van der Waals surface area contributed by atoms with E-state index in [0.29, 0.717) is 23.5 Å². The number of hydrogen-bond donors (Lipinski definition) is 2. The normalized spacial score (nSPS) is 29.3. The number of likely N-dealkylation sites (tertiary alicyclic amines) is 1. The Morgan fingerprint density at radius 3 is 2.69 bits per heavy atom. The number of rotatable bonds is 3. The Balaban J connectivity index is 1.52. The Labute approximate surface area is 189 Å². The largest absolute Gasteiger partial charge is 0.454 e. The van der Waals surface area contributed by atoms with Gasteiger partial charge in [-0.25, -0.2) is 4.79 Å². The number of nitrogens with zero attached hydrogens (tertiary/aromatic N) is 1. The first-order chi connectivity index (χ1) is 15.1. The van der Waals surface area contributed by atoms with Crippen LogP contribution in [0.2, 0.25) is 0 Å². The maximum absolute atomic E-state index is 13.2. The molecule has 1 saturated carbocycles. The van der Waals surface area contributed by atoms with E-state index in [-0.39, 0.29) is 37.4 Å². The first-order valence-corrected chi connectivity index (χ1v) is 11.5. The van der Waals surface area contributed by atoms with Crippen molar-refractivity contribution >= 4 is 12.0 Å². The van der Waals surface area contributed by atoms with Crippen molar-refractivity contribution in [2.45, 2.75) is 83.6 Å². The molecule has 4 atom stereocenters. The maximum Gasteiger partial charge on any atom is 0.410 e. The lowest BCUT2D eigenvalue weighted by Crippen LogP contribution is -2.50. The third-order valence-corrected chi connectivity index (χ3v) is 6.87. The number of aliphatic hydroxyl groups excluding tert-OH is 1. The Bertz CT molecular complexity index is 882. The summed E-state index contributed by atoms with van der Waals surface area (Å²) in [5.74, 6) is 0.924. The third kappa shape index (κ3) is 4.37. The minimum atomic E-state index is -0.625. The van der Waals surface area contributed by atoms with Gasteiger partial charge in [0.2, 0.25) is 6.79 Å². The van der Waals surface area contributed by atoms with Gasteiger partial charge in [-0.2, -0.15) is 0 Å². The number of benzene rings is 1. The Morgan fingerprint density at radius 1 is 1.22 bits per heavy atom. The fourth-order valence-electron chi connectivity index (χ4n) is 5.26. The summed E-state index contributed by atoms with van der Waals surface area (Å²) >= 11 is 0. The monoisotopic (exact) mass is 446 g/mol. The van der Waals surface area contributed by atoms with Gasteiger partial charge >= 0.3 is 6.09 Å². The van der Waals surface area contributed by atoms with Crippen molar-refractivity contribution in [2.24, 2.45) is 5.41 Å². The van der Waals surface area contributed by atoms with E-state index in [2.05, 4.69) is 12.2 Å². The predicted octanol–water partition coefficient (Wildman–Crippen LogP) is 3.46. The smallest absolute Gasteiger partial charge is 0.410 e. The molecular weight excluding hydrogens is 412 g/mol. The molecule has 2 amide bonds. The van der Waals surface area contributed by atoms with Gasteiger partial charge in [-0.05, 0) is 58.2 Å². The van der Waals surface area contributed by atoms with Crippen molar-refractivity contribution in [1.82, 2.24) is 10.2 Å². The van der Waals surface area contributed by atoms with Gasteiger partial charge in [0.05, 0.1) is 12.1 Å². The molecule has 0 radical (unpaired) electrons. The van der Waals surface area contributed by atoms with Crippen LogP contribution in [-0.4, -0.2) is 59.1 Å². The molecule has 8 heteroatoms. The van der Waals surface area contributed by atoms with E-state index >= 15 is 0 Å². The molecule has 1 saturated heterocycles. The van der Waals surface area contributed by atoms with E-state index in [9.17, 15) is 14.7 Å². The van der Waals surface area contributed by atoms with Crippen LogP contribution < -0.4 is 14.8 Å². The van der Waals surface area contributed by atoms with E-state index in [0.717, 1.165) is 25.7 Å². The molecule has 1 aliphatic carbocycles. The summed E-state index contributed by atoms with van der Waals surface area (Å²) in [6, 6.07) is 4.69. The Kier molecular flexibility index (Phi) is 6.00. The molecule has 32 heavy (non-hydrogen) atoms. The Morgan fingerprint density at radius 2 is 1.94 bits per heavy atom. The summed E-state index contributed by atoms with van der Waals surface area (Å²) < 4.78 is 16.4. The lowest BCUT2D eigenvalue weighted by molar-refractivity contribution is -0.00901. The van der Waals surface area contributed by atoms with Crippen LogP contribution >= 0.6 is 0 Å². The zero-order valence-corrected chi connectivity index (χ0v) is 19.3. The second-order valence-electron chi connectivity index (χ2n) is 10.3. The molecule has 2 aliphatic heterocycles. The van der Waals surface area contributed by atoms with Crippen molar-refractivity contribution in [3.05, 3.63) is 23.8 Å². The van der Waals surface area contributed by atoms with E-state index in [1.165, 1.54) is 0 Å². The van der Waals surface area contributed by atoms with Crippen molar-refractivity contribution in [1.29, 1.82) is 0 Å². The highest BCUT2D eigenvalue weighted by atomic mass is 16.7. The SMILES string of the molecule is CC(C)(C)OC(=O)N1[C@@H](CNC(=O)c2ccc3c(c2)OCO3)C[C@@]2(C)[C@@H](O)CCCC[C@@H]12. The second-order valence-corrected chi connectivity index (χ2v) is 10.3. The van der Waals surface area contributed by atoms with Crippen LogP contribution in [0.15, 0.2) is 18.2 Å². The van der Waals surface area contributed by atoms with Crippen LogP contribution in [0.5, 0.6) is 11.5 Å². The van der Waals surface area contributed by atoms with Crippen molar-refractivity contribution in [3.63, 3.8) is 0 Å². The molecular formula is C24H34N2O6. The lowest BCUT2D eigenvalue weighted by Gasteiger charge is -2.37. The molecule has 0 unspecified atom stereocenters. The number of fused-ring (bicyclic) bond motifs is 2. The first kappa shape index (κ1) is 22.7. The van der Waals surface area contributed by atoms with E-state index in [4.69, 9.17) is 14.2 Å². The fraction of sp³-hybridized carbons (Fsp3) is 0.667. The van der Waals surface area contributed by atoms with Crippen LogP contribution in [0.1, 0.15) is 70.2 Å². The summed E-state index contributed by atoms with van der Waals surface area (Å²) in [6.45, 7) is 8.03. The second kappa shape index (κ2) is 8.46. The molecule has 2 heterocycles. The number of nitrogens with one attached hydrogen (secondary N) is 1. The predicted molar refractivity (Wildman–Crippen MR) is 118 cm³/mol. The van der Waals surface area contributed by atoms with Gasteiger partial charge in [0, 0.05) is 23.6 Å². The molecule has 0 aromatic heterocycles. The van der Waals surface area contributed by atoms with Crippen molar-refractivity contribution in [3.8, 4) is 11.5 Å². The molecule has 0 spiro atoms. The highest BCUT2D eigenvalue weighted by molar-refractivity contribution is 5.95. The number of hydrogen-bond acceptors (Lipinski definition) is 6. The number of aliphatic hydroxyl groups is 1. The minimum absolute atomic E-state index is 0.123. The molecule has 176 valence electrons. The van der Waals surface area contributed by atoms with Gasteiger partial charge in [0.25, 0.3) is 5.91 Å². The molecule has 1 aromatic rings. The fourth-order valence-corrected chi connectivity index (χ4v) is 5.26. The van der Waals surface area contributed by atoms with Gasteiger partial charge in [0.15, 0.2) is 11.5 Å². The average Bonchev–Trinajstić information content (AvgIpc) is 3.26. The van der Waals surface area contributed by atoms with Crippen LogP contribution in [0.3, 0.4) is 0 Å².